The number of likely N-dealkylation sites (tertiary alicyclic amines) is 1. The van der Waals surface area contributed by atoms with E-state index in [2.05, 4.69) is 4.98 Å². The lowest BCUT2D eigenvalue weighted by molar-refractivity contribution is 0.0690. The molecule has 25 heavy (non-hydrogen) atoms. The van der Waals surface area contributed by atoms with Gasteiger partial charge in [-0.1, -0.05) is 6.07 Å². The third-order valence-electron chi connectivity index (χ3n) is 4.67. The molecule has 1 aliphatic rings. The van der Waals surface area contributed by atoms with E-state index in [1.807, 2.05) is 6.07 Å². The summed E-state index contributed by atoms with van der Waals surface area (Å²) in [7, 11) is 1.40. The van der Waals surface area contributed by atoms with E-state index in [-0.39, 0.29) is 17.2 Å². The lowest BCUT2D eigenvalue weighted by atomic mass is 9.90. The number of carbonyl (C=O) groups excluding carboxylic acids is 1. The lowest BCUT2D eigenvalue weighted by Crippen LogP contribution is -2.39. The maximum atomic E-state index is 13.8. The topological polar surface area (TPSA) is 62.4 Å². The van der Waals surface area contributed by atoms with E-state index in [4.69, 9.17) is 4.74 Å². The Hall–Kier alpha value is -2.63. The van der Waals surface area contributed by atoms with Gasteiger partial charge in [-0.25, -0.2) is 4.39 Å². The van der Waals surface area contributed by atoms with Crippen molar-refractivity contribution in [1.29, 1.82) is 0 Å². The maximum Gasteiger partial charge on any atom is 0.253 e. The first-order chi connectivity index (χ1) is 12.1. The number of H-pyrrole nitrogens is 1. The second-order valence-electron chi connectivity index (χ2n) is 6.35. The summed E-state index contributed by atoms with van der Waals surface area (Å²) in [6.45, 7) is 1.31. The van der Waals surface area contributed by atoms with Gasteiger partial charge in [-0.05, 0) is 48.9 Å². The quantitative estimate of drug-likeness (QED) is 0.927. The summed E-state index contributed by atoms with van der Waals surface area (Å²) in [6, 6.07) is 7.68. The summed E-state index contributed by atoms with van der Waals surface area (Å²) in [5, 5.41) is 0. The second kappa shape index (κ2) is 7.51. The van der Waals surface area contributed by atoms with Gasteiger partial charge in [0.05, 0.1) is 7.11 Å². The van der Waals surface area contributed by atoms with E-state index < -0.39 is 5.82 Å². The number of aromatic nitrogens is 1. The number of halogens is 1. The van der Waals surface area contributed by atoms with Gasteiger partial charge in [-0.15, -0.1) is 0 Å². The summed E-state index contributed by atoms with van der Waals surface area (Å²) in [5.41, 5.74) is 1.34. The number of hydrogen-bond acceptors (Lipinski definition) is 3. The number of aromatic amines is 1. The number of methoxy groups -OCH3 is 1. The number of pyridine rings is 1. The molecule has 1 N–H and O–H groups in total. The first kappa shape index (κ1) is 17.2. The molecular formula is C19H21FN2O3. The minimum Gasteiger partial charge on any atom is -0.494 e. The van der Waals surface area contributed by atoms with Gasteiger partial charge in [0.2, 0.25) is 5.56 Å². The van der Waals surface area contributed by atoms with Gasteiger partial charge in [0.1, 0.15) is 0 Å². The van der Waals surface area contributed by atoms with E-state index >= 15 is 0 Å². The molecule has 0 bridgehead atoms. The number of benzene rings is 1. The smallest absolute Gasteiger partial charge is 0.253 e. The molecule has 1 aliphatic heterocycles. The van der Waals surface area contributed by atoms with Crippen molar-refractivity contribution >= 4 is 5.91 Å². The Morgan fingerprint density at radius 2 is 2.04 bits per heavy atom. The van der Waals surface area contributed by atoms with Crippen LogP contribution >= 0.6 is 0 Å². The Balaban J connectivity index is 1.58. The molecule has 0 saturated carbocycles. The fraction of sp³-hybridized carbons (Fsp3) is 0.368. The average Bonchev–Trinajstić information content (AvgIpc) is 2.63. The molecule has 5 nitrogen and oxygen atoms in total. The Kier molecular flexibility index (Phi) is 5.16. The van der Waals surface area contributed by atoms with Crippen molar-refractivity contribution in [2.24, 2.45) is 5.92 Å². The zero-order valence-electron chi connectivity index (χ0n) is 14.1. The molecule has 132 valence electrons. The Labute approximate surface area is 145 Å². The fourth-order valence-electron chi connectivity index (χ4n) is 3.23. The number of carbonyl (C=O) groups is 1. The van der Waals surface area contributed by atoms with Crippen LogP contribution < -0.4 is 10.3 Å². The van der Waals surface area contributed by atoms with E-state index in [1.54, 1.807) is 17.2 Å². The standard InChI is InChI=1S/C19H21FN2O3/c1-25-17-4-3-15(11-16(17)20)19(24)22-8-6-13(7-9-22)10-14-2-5-18(23)21-12-14/h2-5,11-13H,6-10H2,1H3,(H,21,23). The first-order valence-corrected chi connectivity index (χ1v) is 8.37. The molecule has 6 heteroatoms. The second-order valence-corrected chi connectivity index (χ2v) is 6.35. The van der Waals surface area contributed by atoms with Gasteiger partial charge >= 0.3 is 0 Å². The highest BCUT2D eigenvalue weighted by atomic mass is 19.1. The molecule has 3 rings (SSSR count). The highest BCUT2D eigenvalue weighted by molar-refractivity contribution is 5.94. The third kappa shape index (κ3) is 4.07. The minimum atomic E-state index is -0.527. The summed E-state index contributed by atoms with van der Waals surface area (Å²) in [6.07, 6.45) is 4.42. The predicted molar refractivity (Wildman–Crippen MR) is 92.3 cm³/mol. The van der Waals surface area contributed by atoms with Crippen LogP contribution in [-0.4, -0.2) is 36.0 Å². The summed E-state index contributed by atoms with van der Waals surface area (Å²) in [5.74, 6) is -0.0657. The molecule has 1 aromatic carbocycles. The number of rotatable bonds is 4. The highest BCUT2D eigenvalue weighted by Gasteiger charge is 2.24. The van der Waals surface area contributed by atoms with Crippen LogP contribution in [0.4, 0.5) is 4.39 Å². The zero-order chi connectivity index (χ0) is 17.8. The molecule has 0 radical (unpaired) electrons. The molecule has 1 fully saturated rings. The Bertz CT molecular complexity index is 790. The number of hydrogen-bond donors (Lipinski definition) is 1. The molecule has 0 atom stereocenters. The normalized spacial score (nSPS) is 15.2. The Morgan fingerprint density at radius 1 is 1.28 bits per heavy atom. The predicted octanol–water partition coefficient (Wildman–Crippen LogP) is 2.62. The molecular weight excluding hydrogens is 323 g/mol. The summed E-state index contributed by atoms with van der Waals surface area (Å²) >= 11 is 0. The van der Waals surface area contributed by atoms with E-state index in [0.717, 1.165) is 24.8 Å². The lowest BCUT2D eigenvalue weighted by Gasteiger charge is -2.32. The minimum absolute atomic E-state index is 0.101. The number of ether oxygens (including phenoxy) is 1. The van der Waals surface area contributed by atoms with Crippen molar-refractivity contribution in [3.05, 3.63) is 63.8 Å². The maximum absolute atomic E-state index is 13.8. The van der Waals surface area contributed by atoms with Crippen molar-refractivity contribution in [3.8, 4) is 5.75 Å². The van der Waals surface area contributed by atoms with Gasteiger partial charge in [-0.2, -0.15) is 0 Å². The number of nitrogens with one attached hydrogen (secondary N) is 1. The molecule has 1 amide bonds. The first-order valence-electron chi connectivity index (χ1n) is 8.37. The van der Waals surface area contributed by atoms with Gasteiger partial charge in [0.25, 0.3) is 5.91 Å². The van der Waals surface area contributed by atoms with Crippen LogP contribution in [-0.2, 0) is 6.42 Å². The fourth-order valence-corrected chi connectivity index (χ4v) is 3.23. The molecule has 0 unspecified atom stereocenters. The van der Waals surface area contributed by atoms with Crippen molar-refractivity contribution in [1.82, 2.24) is 9.88 Å². The van der Waals surface area contributed by atoms with Crippen molar-refractivity contribution in [2.75, 3.05) is 20.2 Å². The average molecular weight is 344 g/mol. The van der Waals surface area contributed by atoms with Gasteiger partial charge < -0.3 is 14.6 Å². The molecule has 1 saturated heterocycles. The molecule has 2 aromatic rings. The van der Waals surface area contributed by atoms with Crippen molar-refractivity contribution in [2.45, 2.75) is 19.3 Å². The van der Waals surface area contributed by atoms with Crippen LogP contribution in [0.3, 0.4) is 0 Å². The number of nitrogens with zero attached hydrogens (tertiary/aromatic N) is 1. The van der Waals surface area contributed by atoms with Crippen LogP contribution in [0.15, 0.2) is 41.3 Å². The van der Waals surface area contributed by atoms with Crippen LogP contribution in [0.5, 0.6) is 5.75 Å². The highest BCUT2D eigenvalue weighted by Crippen LogP contribution is 2.24. The van der Waals surface area contributed by atoms with Crippen LogP contribution in [0.25, 0.3) is 0 Å². The van der Waals surface area contributed by atoms with Gasteiger partial charge in [-0.3, -0.25) is 9.59 Å². The van der Waals surface area contributed by atoms with Crippen molar-refractivity contribution in [3.63, 3.8) is 0 Å². The van der Waals surface area contributed by atoms with Gasteiger partial charge in [0, 0.05) is 30.9 Å². The SMILES string of the molecule is COc1ccc(C(=O)N2CCC(Cc3ccc(=O)[nH]c3)CC2)cc1F. The monoisotopic (exact) mass is 344 g/mol. The molecule has 0 spiro atoms. The van der Waals surface area contributed by atoms with Gasteiger partial charge in [0.15, 0.2) is 11.6 Å². The van der Waals surface area contributed by atoms with E-state index in [1.165, 1.54) is 25.3 Å². The molecule has 1 aromatic heterocycles. The summed E-state index contributed by atoms with van der Waals surface area (Å²) < 4.78 is 18.7. The van der Waals surface area contributed by atoms with E-state index in [0.29, 0.717) is 24.6 Å². The van der Waals surface area contributed by atoms with Crippen LogP contribution in [0.1, 0.15) is 28.8 Å². The number of amides is 1. The van der Waals surface area contributed by atoms with E-state index in [9.17, 15) is 14.0 Å². The Morgan fingerprint density at radius 3 is 2.64 bits per heavy atom. The number of piperidine rings is 1. The van der Waals surface area contributed by atoms with Crippen LogP contribution in [0, 0.1) is 11.7 Å². The largest absolute Gasteiger partial charge is 0.494 e. The summed E-state index contributed by atoms with van der Waals surface area (Å²) in [4.78, 5) is 28.1. The van der Waals surface area contributed by atoms with Crippen molar-refractivity contribution < 1.29 is 13.9 Å². The zero-order valence-corrected chi connectivity index (χ0v) is 14.1. The molecule has 0 aliphatic carbocycles. The third-order valence-corrected chi connectivity index (χ3v) is 4.67. The molecule has 2 heterocycles. The van der Waals surface area contributed by atoms with Crippen LogP contribution in [0.2, 0.25) is 0 Å².